The number of benzene rings is 2. The second-order valence-electron chi connectivity index (χ2n) is 5.34. The van der Waals surface area contributed by atoms with Crippen molar-refractivity contribution in [3.05, 3.63) is 64.2 Å². The first-order valence-electron chi connectivity index (χ1n) is 7.28. The Morgan fingerprint density at radius 1 is 1.17 bits per heavy atom. The van der Waals surface area contributed by atoms with E-state index in [9.17, 15) is 19.8 Å². The van der Waals surface area contributed by atoms with Gasteiger partial charge in [0.2, 0.25) is 0 Å². The summed E-state index contributed by atoms with van der Waals surface area (Å²) in [5, 5.41) is 19.1. The number of carboxylic acids is 1. The molecule has 5 nitrogen and oxygen atoms in total. The number of phenolic OH excluding ortho intramolecular Hbond substituents is 1. The number of rotatable bonds is 5. The number of aromatic carboxylic acids is 1. The summed E-state index contributed by atoms with van der Waals surface area (Å²) >= 11 is 0. The lowest BCUT2D eigenvalue weighted by Crippen LogP contribution is -2.06. The molecule has 0 aliphatic heterocycles. The fourth-order valence-corrected chi connectivity index (χ4v) is 2.46. The van der Waals surface area contributed by atoms with Gasteiger partial charge in [0, 0.05) is 5.56 Å². The van der Waals surface area contributed by atoms with Crippen molar-refractivity contribution in [2.24, 2.45) is 0 Å². The zero-order chi connectivity index (χ0) is 17.9. The quantitative estimate of drug-likeness (QED) is 0.648. The number of carboxylic acid groups (broad SMARTS) is 1. The van der Waals surface area contributed by atoms with E-state index in [2.05, 4.69) is 0 Å². The molecule has 0 amide bonds. The van der Waals surface area contributed by atoms with E-state index in [1.807, 2.05) is 0 Å². The summed E-state index contributed by atoms with van der Waals surface area (Å²) in [6.07, 6.45) is 2.78. The van der Waals surface area contributed by atoms with Gasteiger partial charge in [0.15, 0.2) is 5.78 Å². The first-order valence-corrected chi connectivity index (χ1v) is 7.28. The molecule has 0 aliphatic carbocycles. The molecule has 2 rings (SSSR count). The molecule has 124 valence electrons. The van der Waals surface area contributed by atoms with Crippen LogP contribution in [0.1, 0.15) is 37.4 Å². The molecule has 0 atom stereocenters. The van der Waals surface area contributed by atoms with Crippen LogP contribution < -0.4 is 4.74 Å². The van der Waals surface area contributed by atoms with E-state index in [-0.39, 0.29) is 28.4 Å². The topological polar surface area (TPSA) is 83.8 Å². The van der Waals surface area contributed by atoms with Gasteiger partial charge in [0.1, 0.15) is 17.1 Å². The minimum absolute atomic E-state index is 0.0761. The highest BCUT2D eigenvalue weighted by Gasteiger charge is 2.19. The molecule has 0 fully saturated rings. The minimum atomic E-state index is -1.09. The molecule has 2 aromatic carbocycles. The third-order valence-electron chi connectivity index (χ3n) is 3.83. The molecule has 0 heterocycles. The number of ketones is 1. The van der Waals surface area contributed by atoms with Crippen LogP contribution in [0.2, 0.25) is 0 Å². The number of aromatic hydroxyl groups is 1. The Balaban J connectivity index is 2.48. The maximum atomic E-state index is 12.2. The van der Waals surface area contributed by atoms with Crippen LogP contribution in [0.5, 0.6) is 11.5 Å². The Morgan fingerprint density at radius 3 is 2.42 bits per heavy atom. The minimum Gasteiger partial charge on any atom is -0.507 e. The monoisotopic (exact) mass is 326 g/mol. The Morgan fingerprint density at radius 2 is 1.83 bits per heavy atom. The summed E-state index contributed by atoms with van der Waals surface area (Å²) in [5.74, 6) is -1.38. The molecule has 0 saturated carbocycles. The third-order valence-corrected chi connectivity index (χ3v) is 3.83. The number of hydrogen-bond acceptors (Lipinski definition) is 4. The maximum absolute atomic E-state index is 12.2. The molecule has 2 aromatic rings. The summed E-state index contributed by atoms with van der Waals surface area (Å²) < 4.78 is 5.24. The van der Waals surface area contributed by atoms with Gasteiger partial charge in [-0.2, -0.15) is 0 Å². The zero-order valence-electron chi connectivity index (χ0n) is 13.7. The lowest BCUT2D eigenvalue weighted by atomic mass is 9.97. The third kappa shape index (κ3) is 3.30. The van der Waals surface area contributed by atoms with Crippen LogP contribution in [0.3, 0.4) is 0 Å². The summed E-state index contributed by atoms with van der Waals surface area (Å²) in [5.41, 5.74) is 2.13. The Hall–Kier alpha value is -3.08. The van der Waals surface area contributed by atoms with Gasteiger partial charge < -0.3 is 14.9 Å². The molecular formula is C19H18O5. The van der Waals surface area contributed by atoms with E-state index >= 15 is 0 Å². The zero-order valence-corrected chi connectivity index (χ0v) is 13.7. The highest BCUT2D eigenvalue weighted by molar-refractivity contribution is 6.09. The lowest BCUT2D eigenvalue weighted by molar-refractivity contribution is 0.0692. The van der Waals surface area contributed by atoms with E-state index in [1.165, 1.54) is 31.4 Å². The number of ether oxygens (including phenoxy) is 1. The molecule has 0 radical (unpaired) electrons. The number of hydrogen-bond donors (Lipinski definition) is 2. The second kappa shape index (κ2) is 7.00. The van der Waals surface area contributed by atoms with Crippen LogP contribution in [0.25, 0.3) is 6.08 Å². The lowest BCUT2D eigenvalue weighted by Gasteiger charge is -2.14. The van der Waals surface area contributed by atoms with E-state index in [0.29, 0.717) is 11.1 Å². The molecular weight excluding hydrogens is 308 g/mol. The van der Waals surface area contributed by atoms with Gasteiger partial charge in [0.05, 0.1) is 12.7 Å². The highest BCUT2D eigenvalue weighted by atomic mass is 16.5. The van der Waals surface area contributed by atoms with Crippen LogP contribution in [-0.2, 0) is 0 Å². The predicted octanol–water partition coefficient (Wildman–Crippen LogP) is 3.61. The van der Waals surface area contributed by atoms with Crippen LogP contribution in [0.4, 0.5) is 0 Å². The fraction of sp³-hybridized carbons (Fsp3) is 0.158. The first-order chi connectivity index (χ1) is 11.4. The van der Waals surface area contributed by atoms with Gasteiger partial charge in [-0.25, -0.2) is 4.79 Å². The van der Waals surface area contributed by atoms with Gasteiger partial charge in [-0.1, -0.05) is 12.1 Å². The molecule has 5 heteroatoms. The van der Waals surface area contributed by atoms with E-state index < -0.39 is 5.97 Å². The molecule has 0 unspecified atom stereocenters. The van der Waals surface area contributed by atoms with Gasteiger partial charge in [-0.3, -0.25) is 4.79 Å². The highest BCUT2D eigenvalue weighted by Crippen LogP contribution is 2.31. The number of carbonyl (C=O) groups is 2. The fourth-order valence-electron chi connectivity index (χ4n) is 2.46. The predicted molar refractivity (Wildman–Crippen MR) is 90.9 cm³/mol. The second-order valence-corrected chi connectivity index (χ2v) is 5.34. The summed E-state index contributed by atoms with van der Waals surface area (Å²) in [6, 6.07) is 7.99. The summed E-state index contributed by atoms with van der Waals surface area (Å²) in [4.78, 5) is 23.7. The van der Waals surface area contributed by atoms with E-state index in [1.54, 1.807) is 32.0 Å². The maximum Gasteiger partial charge on any atom is 0.339 e. The van der Waals surface area contributed by atoms with Crippen molar-refractivity contribution >= 4 is 17.8 Å². The number of carbonyl (C=O) groups excluding carboxylic acids is 1. The van der Waals surface area contributed by atoms with Crippen LogP contribution in [-0.4, -0.2) is 29.1 Å². The van der Waals surface area contributed by atoms with E-state index in [4.69, 9.17) is 4.74 Å². The summed E-state index contributed by atoms with van der Waals surface area (Å²) in [7, 11) is 1.39. The Kier molecular flexibility index (Phi) is 5.04. The van der Waals surface area contributed by atoms with Gasteiger partial charge in [0.25, 0.3) is 0 Å². The number of methoxy groups -OCH3 is 1. The van der Waals surface area contributed by atoms with Gasteiger partial charge in [-0.05, 0) is 55.3 Å². The van der Waals surface area contributed by atoms with Crippen LogP contribution in [0, 0.1) is 13.8 Å². The van der Waals surface area contributed by atoms with Crippen molar-refractivity contribution in [2.45, 2.75) is 13.8 Å². The van der Waals surface area contributed by atoms with Crippen molar-refractivity contribution < 1.29 is 24.5 Å². The molecule has 0 bridgehead atoms. The largest absolute Gasteiger partial charge is 0.507 e. The Bertz CT molecular complexity index is 834. The number of para-hydroxylation sites is 1. The summed E-state index contributed by atoms with van der Waals surface area (Å²) in [6.45, 7) is 3.51. The Labute approximate surface area is 139 Å². The van der Waals surface area contributed by atoms with Crippen LogP contribution in [0.15, 0.2) is 36.4 Å². The molecule has 0 saturated heterocycles. The molecule has 0 aliphatic rings. The van der Waals surface area contributed by atoms with Crippen molar-refractivity contribution in [3.8, 4) is 11.5 Å². The molecule has 0 spiro atoms. The van der Waals surface area contributed by atoms with E-state index in [0.717, 1.165) is 5.56 Å². The molecule has 24 heavy (non-hydrogen) atoms. The molecule has 0 aromatic heterocycles. The van der Waals surface area contributed by atoms with Gasteiger partial charge >= 0.3 is 5.97 Å². The number of phenols is 1. The average molecular weight is 326 g/mol. The average Bonchev–Trinajstić information content (AvgIpc) is 2.55. The van der Waals surface area contributed by atoms with Crippen molar-refractivity contribution in [1.29, 1.82) is 0 Å². The van der Waals surface area contributed by atoms with Crippen molar-refractivity contribution in [2.75, 3.05) is 7.11 Å². The first kappa shape index (κ1) is 17.3. The normalized spacial score (nSPS) is 10.8. The van der Waals surface area contributed by atoms with Gasteiger partial charge in [-0.15, -0.1) is 0 Å². The number of allylic oxidation sites excluding steroid dienone is 1. The molecule has 2 N–H and O–H groups in total. The SMILES string of the molecule is COc1c(C=CC(=O)c2ccccc2O)cc(C)c(C)c1C(=O)O. The van der Waals surface area contributed by atoms with Crippen molar-refractivity contribution in [3.63, 3.8) is 0 Å². The van der Waals surface area contributed by atoms with Crippen LogP contribution >= 0.6 is 0 Å². The van der Waals surface area contributed by atoms with Crippen molar-refractivity contribution in [1.82, 2.24) is 0 Å². The smallest absolute Gasteiger partial charge is 0.339 e. The number of aryl methyl sites for hydroxylation is 1. The standard InChI is InChI=1S/C19H18O5/c1-11-10-13(18(24-3)17(12(11)2)19(22)23)8-9-16(21)14-6-4-5-7-15(14)20/h4-10,20H,1-3H3,(H,22,23).